The van der Waals surface area contributed by atoms with Crippen LogP contribution in [0.15, 0.2) is 54.7 Å². The molecule has 0 aliphatic heterocycles. The lowest BCUT2D eigenvalue weighted by molar-refractivity contribution is -0.142. The van der Waals surface area contributed by atoms with Crippen LogP contribution in [0.3, 0.4) is 0 Å². The number of aliphatic hydroxyl groups is 1. The molecule has 0 aliphatic rings. The van der Waals surface area contributed by atoms with Gasteiger partial charge in [-0.25, -0.2) is 4.79 Å². The highest BCUT2D eigenvalue weighted by molar-refractivity contribution is 5.88. The maximum Gasteiger partial charge on any atom is 0.343 e. The van der Waals surface area contributed by atoms with Gasteiger partial charge in [-0.1, -0.05) is 30.3 Å². The third-order valence-corrected chi connectivity index (χ3v) is 4.75. The molecular formula is C23H28N2O5. The van der Waals surface area contributed by atoms with Crippen LogP contribution in [-0.4, -0.2) is 55.1 Å². The Morgan fingerprint density at radius 3 is 2.70 bits per heavy atom. The lowest BCUT2D eigenvalue weighted by Crippen LogP contribution is -2.37. The Hall–Kier alpha value is -3.03. The van der Waals surface area contributed by atoms with E-state index in [1.807, 2.05) is 54.7 Å². The Kier molecular flexibility index (Phi) is 7.70. The molecule has 0 aliphatic carbocycles. The van der Waals surface area contributed by atoms with Crippen LogP contribution in [0, 0.1) is 0 Å². The first-order chi connectivity index (χ1) is 14.6. The number of H-pyrrole nitrogens is 1. The standard InChI is InChI=1S/C23H28N2O5/c1-16(24-13-18(26)14-29-19-7-4-3-5-8-19)11-17-12-25-23-20(17)9-6-10-21(23)30-15-22(27)28-2/h3-10,12,16,18,24-26H,11,13-15H2,1-2H3. The van der Waals surface area contributed by atoms with Gasteiger partial charge >= 0.3 is 5.97 Å². The van der Waals surface area contributed by atoms with Crippen molar-refractivity contribution >= 4 is 16.9 Å². The molecule has 7 nitrogen and oxygen atoms in total. The number of aromatic amines is 1. The van der Waals surface area contributed by atoms with Gasteiger partial charge in [-0.15, -0.1) is 0 Å². The number of para-hydroxylation sites is 2. The van der Waals surface area contributed by atoms with E-state index in [0.717, 1.165) is 28.6 Å². The molecule has 0 saturated carbocycles. The van der Waals surface area contributed by atoms with Crippen LogP contribution < -0.4 is 14.8 Å². The van der Waals surface area contributed by atoms with Crippen molar-refractivity contribution in [2.45, 2.75) is 25.5 Å². The highest BCUT2D eigenvalue weighted by Gasteiger charge is 2.14. The van der Waals surface area contributed by atoms with E-state index in [9.17, 15) is 9.90 Å². The molecule has 7 heteroatoms. The second-order valence-electron chi connectivity index (χ2n) is 7.15. The molecule has 3 aromatic rings. The summed E-state index contributed by atoms with van der Waals surface area (Å²) in [5.74, 6) is 0.929. The van der Waals surface area contributed by atoms with Crippen molar-refractivity contribution in [3.05, 3.63) is 60.3 Å². The zero-order chi connectivity index (χ0) is 21.3. The predicted molar refractivity (Wildman–Crippen MR) is 115 cm³/mol. The molecule has 2 aromatic carbocycles. The topological polar surface area (TPSA) is 92.8 Å². The monoisotopic (exact) mass is 412 g/mol. The van der Waals surface area contributed by atoms with Gasteiger partial charge in [0.15, 0.2) is 6.61 Å². The fourth-order valence-corrected chi connectivity index (χ4v) is 3.18. The number of rotatable bonds is 11. The third kappa shape index (κ3) is 5.98. The Labute approximate surface area is 176 Å². The highest BCUT2D eigenvalue weighted by atomic mass is 16.6. The number of esters is 1. The van der Waals surface area contributed by atoms with E-state index in [1.165, 1.54) is 7.11 Å². The minimum atomic E-state index is -0.603. The van der Waals surface area contributed by atoms with E-state index >= 15 is 0 Å². The molecule has 3 rings (SSSR count). The molecule has 0 radical (unpaired) electrons. The maximum absolute atomic E-state index is 11.3. The van der Waals surface area contributed by atoms with Gasteiger partial charge in [0.2, 0.25) is 0 Å². The smallest absolute Gasteiger partial charge is 0.343 e. The van der Waals surface area contributed by atoms with Crippen LogP contribution in [0.4, 0.5) is 0 Å². The molecule has 1 heterocycles. The van der Waals surface area contributed by atoms with Crippen LogP contribution in [0.1, 0.15) is 12.5 Å². The summed E-state index contributed by atoms with van der Waals surface area (Å²) >= 11 is 0. The van der Waals surface area contributed by atoms with E-state index in [2.05, 4.69) is 22.0 Å². The first-order valence-electron chi connectivity index (χ1n) is 9.94. The molecule has 30 heavy (non-hydrogen) atoms. The average Bonchev–Trinajstić information content (AvgIpc) is 3.18. The lowest BCUT2D eigenvalue weighted by Gasteiger charge is -2.17. The normalized spacial score (nSPS) is 13.0. The van der Waals surface area contributed by atoms with Gasteiger partial charge in [0.1, 0.15) is 24.2 Å². The van der Waals surface area contributed by atoms with Crippen molar-refractivity contribution in [2.75, 3.05) is 26.9 Å². The first kappa shape index (κ1) is 21.7. The number of fused-ring (bicyclic) bond motifs is 1. The van der Waals surface area contributed by atoms with Gasteiger partial charge < -0.3 is 29.6 Å². The Balaban J connectivity index is 1.51. The summed E-state index contributed by atoms with van der Waals surface area (Å²) in [4.78, 5) is 14.6. The summed E-state index contributed by atoms with van der Waals surface area (Å²) < 4.78 is 15.8. The minimum Gasteiger partial charge on any atom is -0.491 e. The first-order valence-corrected chi connectivity index (χ1v) is 9.94. The molecule has 0 amide bonds. The summed E-state index contributed by atoms with van der Waals surface area (Å²) in [5.41, 5.74) is 1.98. The van der Waals surface area contributed by atoms with Gasteiger partial charge in [0, 0.05) is 24.2 Å². The number of benzene rings is 2. The molecule has 0 saturated heterocycles. The average molecular weight is 412 g/mol. The quantitative estimate of drug-likeness (QED) is 0.420. The molecule has 160 valence electrons. The number of carbonyl (C=O) groups excluding carboxylic acids is 1. The van der Waals surface area contributed by atoms with Gasteiger partial charge in [-0.3, -0.25) is 0 Å². The van der Waals surface area contributed by atoms with Crippen LogP contribution >= 0.6 is 0 Å². The fourth-order valence-electron chi connectivity index (χ4n) is 3.18. The van der Waals surface area contributed by atoms with E-state index in [-0.39, 0.29) is 19.3 Å². The van der Waals surface area contributed by atoms with Gasteiger partial charge in [-0.2, -0.15) is 0 Å². The van der Waals surface area contributed by atoms with Gasteiger partial charge in [0.05, 0.1) is 12.6 Å². The summed E-state index contributed by atoms with van der Waals surface area (Å²) in [6, 6.07) is 15.3. The molecule has 0 fully saturated rings. The Morgan fingerprint density at radius 1 is 1.13 bits per heavy atom. The maximum atomic E-state index is 11.3. The molecule has 0 bridgehead atoms. The largest absolute Gasteiger partial charge is 0.491 e. The SMILES string of the molecule is COC(=O)COc1cccc2c(CC(C)NCC(O)COc3ccccc3)c[nH]c12. The Bertz CT molecular complexity index is 941. The summed E-state index contributed by atoms with van der Waals surface area (Å²) in [7, 11) is 1.33. The number of nitrogens with one attached hydrogen (secondary N) is 2. The van der Waals surface area contributed by atoms with Crippen LogP contribution in [0.5, 0.6) is 11.5 Å². The van der Waals surface area contributed by atoms with E-state index in [1.54, 1.807) is 0 Å². The van der Waals surface area contributed by atoms with Crippen LogP contribution in [-0.2, 0) is 16.0 Å². The molecule has 2 unspecified atom stereocenters. The van der Waals surface area contributed by atoms with Crippen LogP contribution in [0.25, 0.3) is 10.9 Å². The minimum absolute atomic E-state index is 0.134. The number of aromatic nitrogens is 1. The molecule has 2 atom stereocenters. The van der Waals surface area contributed by atoms with Crippen molar-refractivity contribution in [1.82, 2.24) is 10.3 Å². The van der Waals surface area contributed by atoms with Gasteiger partial charge in [-0.05, 0) is 37.1 Å². The van der Waals surface area contributed by atoms with Crippen molar-refractivity contribution in [3.63, 3.8) is 0 Å². The summed E-state index contributed by atoms with van der Waals surface area (Å²) in [5, 5.41) is 14.6. The number of carbonyl (C=O) groups is 1. The van der Waals surface area contributed by atoms with Crippen molar-refractivity contribution < 1.29 is 24.1 Å². The molecule has 3 N–H and O–H groups in total. The zero-order valence-electron chi connectivity index (χ0n) is 17.3. The molecular weight excluding hydrogens is 384 g/mol. The highest BCUT2D eigenvalue weighted by Crippen LogP contribution is 2.28. The number of hydrogen-bond donors (Lipinski definition) is 3. The number of ether oxygens (including phenoxy) is 3. The fraction of sp³-hybridized carbons (Fsp3) is 0.348. The summed E-state index contributed by atoms with van der Waals surface area (Å²) in [6.45, 7) is 2.60. The number of aliphatic hydroxyl groups excluding tert-OH is 1. The van der Waals surface area contributed by atoms with E-state index < -0.39 is 12.1 Å². The second kappa shape index (κ2) is 10.7. The third-order valence-electron chi connectivity index (χ3n) is 4.75. The van der Waals surface area contributed by atoms with E-state index in [0.29, 0.717) is 12.3 Å². The molecule has 0 spiro atoms. The number of methoxy groups -OCH3 is 1. The van der Waals surface area contributed by atoms with Gasteiger partial charge in [0.25, 0.3) is 0 Å². The number of hydrogen-bond acceptors (Lipinski definition) is 6. The summed E-state index contributed by atoms with van der Waals surface area (Å²) in [6.07, 6.45) is 2.11. The zero-order valence-corrected chi connectivity index (χ0v) is 17.3. The van der Waals surface area contributed by atoms with Crippen molar-refractivity contribution in [3.8, 4) is 11.5 Å². The van der Waals surface area contributed by atoms with Crippen LogP contribution in [0.2, 0.25) is 0 Å². The lowest BCUT2D eigenvalue weighted by atomic mass is 10.1. The second-order valence-corrected chi connectivity index (χ2v) is 7.15. The van der Waals surface area contributed by atoms with Crippen molar-refractivity contribution in [1.29, 1.82) is 0 Å². The predicted octanol–water partition coefficient (Wildman–Crippen LogP) is 2.68. The van der Waals surface area contributed by atoms with Crippen molar-refractivity contribution in [2.24, 2.45) is 0 Å². The van der Waals surface area contributed by atoms with E-state index in [4.69, 9.17) is 9.47 Å². The Morgan fingerprint density at radius 2 is 1.93 bits per heavy atom. The molecule has 1 aromatic heterocycles.